The molecule has 1 spiro atoms. The van der Waals surface area contributed by atoms with Gasteiger partial charge in [-0.1, -0.05) is 66.7 Å². The number of hydrogen-bond acceptors (Lipinski definition) is 9. The fraction of sp³-hybridized carbons (Fsp3) is 0.354. The smallest absolute Gasteiger partial charge is 0.423 e. The lowest BCUT2D eigenvalue weighted by molar-refractivity contribution is -0.137. The molecule has 62 heavy (non-hydrogen) atoms. The van der Waals surface area contributed by atoms with Gasteiger partial charge in [0, 0.05) is 57.3 Å². The molecule has 4 aromatic rings. The highest BCUT2D eigenvalue weighted by Gasteiger charge is 2.46. The van der Waals surface area contributed by atoms with E-state index < -0.39 is 36.8 Å². The highest BCUT2D eigenvalue weighted by atomic mass is 35.5. The van der Waals surface area contributed by atoms with E-state index in [9.17, 15) is 34.0 Å². The van der Waals surface area contributed by atoms with Crippen molar-refractivity contribution < 1.29 is 34.0 Å². The minimum Gasteiger partial charge on any atom is -0.423 e. The number of carbonyl (C=O) groups is 5. The number of anilines is 1. The van der Waals surface area contributed by atoms with Crippen LogP contribution in [0.15, 0.2) is 91.0 Å². The Labute approximate surface area is 366 Å². The van der Waals surface area contributed by atoms with Crippen LogP contribution in [0.5, 0.6) is 0 Å². The molecule has 318 valence electrons. The second-order valence-electron chi connectivity index (χ2n) is 17.3. The number of fused-ring (bicyclic) bond motifs is 2. The van der Waals surface area contributed by atoms with Gasteiger partial charge in [0.2, 0.25) is 17.7 Å². The molecular formula is C48H49BClN5O7. The van der Waals surface area contributed by atoms with Crippen LogP contribution in [0.1, 0.15) is 93.5 Å². The molecule has 0 aliphatic carbocycles. The lowest BCUT2D eigenvalue weighted by Gasteiger charge is -2.47. The number of hydrogen-bond donors (Lipinski definition) is 3. The number of nitrogens with one attached hydrogen (secondary N) is 1. The van der Waals surface area contributed by atoms with Crippen molar-refractivity contribution in [1.82, 2.24) is 20.0 Å². The maximum absolute atomic E-state index is 13.6. The predicted octanol–water partition coefficient (Wildman–Crippen LogP) is 4.58. The first kappa shape index (κ1) is 41.7. The van der Waals surface area contributed by atoms with E-state index in [4.69, 9.17) is 11.6 Å². The lowest BCUT2D eigenvalue weighted by Crippen LogP contribution is -2.54. The first-order valence-electron chi connectivity index (χ1n) is 21.5. The van der Waals surface area contributed by atoms with Crippen LogP contribution in [0.2, 0.25) is 0 Å². The summed E-state index contributed by atoms with van der Waals surface area (Å²) in [5.41, 5.74) is 9.46. The van der Waals surface area contributed by atoms with Crippen LogP contribution in [0.25, 0.3) is 11.1 Å². The van der Waals surface area contributed by atoms with Gasteiger partial charge < -0.3 is 19.8 Å². The van der Waals surface area contributed by atoms with E-state index in [-0.39, 0.29) is 41.8 Å². The molecule has 0 radical (unpaired) electrons. The van der Waals surface area contributed by atoms with Crippen molar-refractivity contribution in [3.05, 3.63) is 130 Å². The van der Waals surface area contributed by atoms with Gasteiger partial charge in [-0.3, -0.25) is 39.1 Å². The molecule has 3 fully saturated rings. The molecule has 9 rings (SSSR count). The highest BCUT2D eigenvalue weighted by Crippen LogP contribution is 2.43. The Morgan fingerprint density at radius 2 is 1.34 bits per heavy atom. The highest BCUT2D eigenvalue weighted by molar-refractivity contribution is 6.58. The summed E-state index contributed by atoms with van der Waals surface area (Å²) >= 11 is 6.38. The molecule has 0 saturated carbocycles. The van der Waals surface area contributed by atoms with Gasteiger partial charge in [0.25, 0.3) is 11.8 Å². The van der Waals surface area contributed by atoms with Gasteiger partial charge in [-0.2, -0.15) is 0 Å². The average molecular weight is 854 g/mol. The van der Waals surface area contributed by atoms with Gasteiger partial charge in [0.1, 0.15) is 6.04 Å². The largest absolute Gasteiger partial charge is 0.488 e. The number of halogens is 1. The number of amides is 5. The normalized spacial score (nSPS) is 20.3. The molecular weight excluding hydrogens is 805 g/mol. The average Bonchev–Trinajstić information content (AvgIpc) is 3.79. The van der Waals surface area contributed by atoms with E-state index >= 15 is 0 Å². The maximum Gasteiger partial charge on any atom is 0.488 e. The zero-order chi connectivity index (χ0) is 43.1. The van der Waals surface area contributed by atoms with Gasteiger partial charge in [0.15, 0.2) is 0 Å². The van der Waals surface area contributed by atoms with Gasteiger partial charge >= 0.3 is 7.12 Å². The van der Waals surface area contributed by atoms with E-state index in [1.54, 1.807) is 24.3 Å². The molecule has 1 unspecified atom stereocenters. The number of nitrogens with zero attached hydrogens (tertiary/aromatic N) is 4. The van der Waals surface area contributed by atoms with Crippen LogP contribution < -0.4 is 15.7 Å². The van der Waals surface area contributed by atoms with E-state index in [2.05, 4.69) is 51.5 Å². The zero-order valence-electron chi connectivity index (χ0n) is 34.5. The van der Waals surface area contributed by atoms with Crippen LogP contribution in [0, 0.1) is 5.41 Å². The zero-order valence-corrected chi connectivity index (χ0v) is 35.3. The van der Waals surface area contributed by atoms with Crippen LogP contribution in [0.4, 0.5) is 5.69 Å². The second kappa shape index (κ2) is 17.3. The Hall–Kier alpha value is -5.60. The number of piperidine rings is 3. The molecule has 1 atom stereocenters. The Morgan fingerprint density at radius 1 is 0.758 bits per heavy atom. The van der Waals surface area contributed by atoms with E-state index in [0.29, 0.717) is 30.9 Å². The molecule has 3 N–H and O–H groups in total. The number of likely N-dealkylation sites (tertiary alicyclic amines) is 1. The first-order valence-corrected chi connectivity index (χ1v) is 22.1. The van der Waals surface area contributed by atoms with E-state index in [1.807, 2.05) is 35.2 Å². The number of alkyl halides is 1. The number of carbonyl (C=O) groups excluding carboxylic acids is 5. The van der Waals surface area contributed by atoms with Crippen LogP contribution in [0.3, 0.4) is 0 Å². The Balaban J connectivity index is 0.800. The van der Waals surface area contributed by atoms with Gasteiger partial charge in [-0.05, 0) is 113 Å². The summed E-state index contributed by atoms with van der Waals surface area (Å²) in [5.74, 6) is -1.53. The minimum atomic E-state index is -1.54. The summed E-state index contributed by atoms with van der Waals surface area (Å²) in [6, 6.07) is 28.8. The second-order valence-corrected chi connectivity index (χ2v) is 17.7. The fourth-order valence-corrected chi connectivity index (χ4v) is 10.3. The first-order chi connectivity index (χ1) is 30.0. The standard InChI is InChI=1S/C48H49BClN5O7/c50-21-16-38(31-4-2-1-3-5-31)44(32-6-10-36(11-7-32)49(61)62)33-8-12-37(13-9-33)53-22-17-48(18-23-53)19-24-54(25-20-48)43(57)30-52-28-34-26-39-40(27-35(34)29-52)47(60)55(46(39)59)41-14-15-42(56)51-45(41)58/h1-13,26-27,41,61-62H,14-25,28-30H2,(H,51,56,58). The molecule has 5 aliphatic rings. The van der Waals surface area contributed by atoms with E-state index in [1.165, 1.54) is 5.69 Å². The topological polar surface area (TPSA) is 151 Å². The molecule has 5 aliphatic heterocycles. The third kappa shape index (κ3) is 8.10. The van der Waals surface area contributed by atoms with E-state index in [0.717, 1.165) is 95.7 Å². The fourth-order valence-electron chi connectivity index (χ4n) is 10.1. The van der Waals surface area contributed by atoms with Crippen molar-refractivity contribution in [2.75, 3.05) is 43.5 Å². The van der Waals surface area contributed by atoms with Crippen LogP contribution >= 0.6 is 11.6 Å². The van der Waals surface area contributed by atoms with Crippen molar-refractivity contribution in [2.24, 2.45) is 5.41 Å². The quantitative estimate of drug-likeness (QED) is 0.0903. The Morgan fingerprint density at radius 3 is 1.90 bits per heavy atom. The molecule has 4 aromatic carbocycles. The van der Waals surface area contributed by atoms with Crippen molar-refractivity contribution in [1.29, 1.82) is 0 Å². The SMILES string of the molecule is O=C1CCC(N2C(=O)c3cc4c(cc3C2=O)CN(CC(=O)N2CCC3(CC2)CCN(c2ccc(C(=C(CCCl)c5ccccc5)c5ccc(B(O)O)cc5)cc2)CC3)C4)C(=O)N1. The number of imide groups is 2. The molecule has 12 nitrogen and oxygen atoms in total. The van der Waals surface area contributed by atoms with Crippen molar-refractivity contribution in [3.63, 3.8) is 0 Å². The number of rotatable bonds is 10. The van der Waals surface area contributed by atoms with Crippen LogP contribution in [-0.2, 0) is 27.5 Å². The minimum absolute atomic E-state index is 0.0716. The van der Waals surface area contributed by atoms with Crippen molar-refractivity contribution in [2.45, 2.75) is 64.1 Å². The summed E-state index contributed by atoms with van der Waals surface area (Å²) in [6.45, 7) is 4.56. The predicted molar refractivity (Wildman–Crippen MR) is 237 cm³/mol. The Kier molecular flexibility index (Phi) is 11.6. The lowest BCUT2D eigenvalue weighted by atomic mass is 9.71. The van der Waals surface area contributed by atoms with Gasteiger partial charge in [-0.15, -0.1) is 11.6 Å². The third-order valence-corrected chi connectivity index (χ3v) is 13.9. The summed E-state index contributed by atoms with van der Waals surface area (Å²) in [7, 11) is -1.54. The summed E-state index contributed by atoms with van der Waals surface area (Å²) in [5, 5.41) is 21.7. The Bertz CT molecular complexity index is 2400. The molecule has 0 bridgehead atoms. The number of benzene rings is 4. The summed E-state index contributed by atoms with van der Waals surface area (Å²) in [4.78, 5) is 71.9. The van der Waals surface area contributed by atoms with Crippen molar-refractivity contribution >= 4 is 70.6 Å². The molecule has 3 saturated heterocycles. The summed E-state index contributed by atoms with van der Waals surface area (Å²) in [6.07, 6.45) is 4.91. The number of allylic oxidation sites excluding steroid dienone is 1. The van der Waals surface area contributed by atoms with Gasteiger partial charge in [-0.25, -0.2) is 0 Å². The maximum atomic E-state index is 13.6. The summed E-state index contributed by atoms with van der Waals surface area (Å²) < 4.78 is 0. The van der Waals surface area contributed by atoms with Crippen molar-refractivity contribution in [3.8, 4) is 0 Å². The monoisotopic (exact) mass is 853 g/mol. The third-order valence-electron chi connectivity index (χ3n) is 13.7. The molecule has 0 aromatic heterocycles. The van der Waals surface area contributed by atoms with Crippen LogP contribution in [-0.4, -0.2) is 106 Å². The molecule has 5 heterocycles. The molecule has 5 amide bonds. The van der Waals surface area contributed by atoms with Gasteiger partial charge in [0.05, 0.1) is 17.7 Å². The molecule has 14 heteroatoms.